The van der Waals surface area contributed by atoms with Crippen LogP contribution in [0.1, 0.15) is 32.1 Å². The summed E-state index contributed by atoms with van der Waals surface area (Å²) in [5.74, 6) is 3.49. The van der Waals surface area contributed by atoms with E-state index in [-0.39, 0.29) is 10.9 Å². The molecule has 4 saturated carbocycles. The minimum atomic E-state index is -0.664. The van der Waals surface area contributed by atoms with E-state index in [1.54, 1.807) is 0 Å². The van der Waals surface area contributed by atoms with Crippen LogP contribution in [0.2, 0.25) is 0 Å². The number of carboxylic acids is 1. The Labute approximate surface area is 106 Å². The van der Waals surface area contributed by atoms with Crippen molar-refractivity contribution in [2.75, 3.05) is 5.75 Å². The van der Waals surface area contributed by atoms with Gasteiger partial charge >= 0.3 is 5.97 Å². The zero-order chi connectivity index (χ0) is 11.6. The number of rotatable bonds is 1. The van der Waals surface area contributed by atoms with Gasteiger partial charge in [-0.3, -0.25) is 10.1 Å². The average Bonchev–Trinajstić information content (AvgIpc) is 2.71. The van der Waals surface area contributed by atoms with Gasteiger partial charge in [-0.1, -0.05) is 0 Å². The molecule has 4 bridgehead atoms. The fraction of sp³-hybridized carbons (Fsp3) is 0.923. The van der Waals surface area contributed by atoms with Crippen LogP contribution < -0.4 is 5.32 Å². The lowest BCUT2D eigenvalue weighted by atomic mass is 9.53. The normalized spacial score (nSPS) is 55.6. The van der Waals surface area contributed by atoms with Crippen LogP contribution in [0.3, 0.4) is 0 Å². The first-order chi connectivity index (χ1) is 8.17. The van der Waals surface area contributed by atoms with Crippen LogP contribution in [0.25, 0.3) is 0 Å². The number of aliphatic carboxylic acids is 1. The van der Waals surface area contributed by atoms with Gasteiger partial charge in [0, 0.05) is 5.75 Å². The lowest BCUT2D eigenvalue weighted by Gasteiger charge is -2.59. The summed E-state index contributed by atoms with van der Waals surface area (Å²) in [7, 11) is 0. The van der Waals surface area contributed by atoms with Crippen molar-refractivity contribution in [3.8, 4) is 0 Å². The molecule has 17 heavy (non-hydrogen) atoms. The van der Waals surface area contributed by atoms with Gasteiger partial charge in [0.25, 0.3) is 0 Å². The Bertz CT molecular complexity index is 342. The molecule has 0 aromatic rings. The lowest BCUT2D eigenvalue weighted by molar-refractivity contribution is -0.139. The molecular weight excluding hydrogens is 234 g/mol. The second-order valence-electron chi connectivity index (χ2n) is 6.44. The molecule has 5 aliphatic rings. The Morgan fingerprint density at radius 1 is 1.12 bits per heavy atom. The molecule has 5 rings (SSSR count). The van der Waals surface area contributed by atoms with Crippen LogP contribution in [-0.2, 0) is 4.79 Å². The molecule has 0 aromatic carbocycles. The maximum atomic E-state index is 11.1. The molecule has 0 radical (unpaired) electrons. The summed E-state index contributed by atoms with van der Waals surface area (Å²) in [6.07, 6.45) is 6.84. The van der Waals surface area contributed by atoms with Crippen LogP contribution in [0.4, 0.5) is 0 Å². The van der Waals surface area contributed by atoms with E-state index in [2.05, 4.69) is 5.32 Å². The van der Waals surface area contributed by atoms with E-state index in [0.29, 0.717) is 0 Å². The lowest BCUT2D eigenvalue weighted by Crippen LogP contribution is -2.62. The second-order valence-corrected chi connectivity index (χ2v) is 7.74. The third-order valence-electron chi connectivity index (χ3n) is 5.54. The fourth-order valence-corrected chi connectivity index (χ4v) is 6.82. The first-order valence-electron chi connectivity index (χ1n) is 6.82. The molecule has 1 atom stereocenters. The molecule has 1 saturated heterocycles. The van der Waals surface area contributed by atoms with Crippen molar-refractivity contribution in [2.45, 2.75) is 43.0 Å². The van der Waals surface area contributed by atoms with E-state index < -0.39 is 5.97 Å². The highest BCUT2D eigenvalue weighted by Gasteiger charge is 2.60. The highest BCUT2D eigenvalue weighted by Crippen LogP contribution is 2.63. The molecule has 4 heteroatoms. The molecule has 94 valence electrons. The molecule has 4 aliphatic carbocycles. The Hall–Kier alpha value is -0.220. The van der Waals surface area contributed by atoms with Gasteiger partial charge < -0.3 is 5.11 Å². The molecule has 1 spiro atoms. The molecule has 1 heterocycles. The minimum Gasteiger partial charge on any atom is -0.480 e. The molecule has 0 amide bonds. The summed E-state index contributed by atoms with van der Waals surface area (Å²) in [5.41, 5.74) is 0. The van der Waals surface area contributed by atoms with Gasteiger partial charge in [-0.25, -0.2) is 0 Å². The van der Waals surface area contributed by atoms with E-state index in [0.717, 1.165) is 29.4 Å². The smallest absolute Gasteiger partial charge is 0.321 e. The number of carboxylic acid groups (broad SMARTS) is 1. The van der Waals surface area contributed by atoms with Crippen molar-refractivity contribution in [2.24, 2.45) is 23.7 Å². The van der Waals surface area contributed by atoms with Crippen molar-refractivity contribution >= 4 is 17.7 Å². The standard InChI is InChI=1S/C13H19NO2S/c15-12(16)11-6-17-13(14-11)9-2-7-1-8(4-9)5-10(13)3-7/h7-11,14H,1-6H2,(H,15,16). The van der Waals surface area contributed by atoms with Crippen LogP contribution in [-0.4, -0.2) is 27.7 Å². The average molecular weight is 253 g/mol. The number of thioether (sulfide) groups is 1. The highest BCUT2D eigenvalue weighted by atomic mass is 32.2. The van der Waals surface area contributed by atoms with Gasteiger partial charge in [-0.15, -0.1) is 11.8 Å². The van der Waals surface area contributed by atoms with Crippen molar-refractivity contribution < 1.29 is 9.90 Å². The summed E-state index contributed by atoms with van der Waals surface area (Å²) < 4.78 is 0. The predicted molar refractivity (Wildman–Crippen MR) is 66.8 cm³/mol. The Balaban J connectivity index is 1.64. The van der Waals surface area contributed by atoms with Crippen molar-refractivity contribution in [1.29, 1.82) is 0 Å². The number of hydrogen-bond acceptors (Lipinski definition) is 3. The largest absolute Gasteiger partial charge is 0.480 e. The topological polar surface area (TPSA) is 49.3 Å². The molecule has 2 N–H and O–H groups in total. The quantitative estimate of drug-likeness (QED) is 0.749. The van der Waals surface area contributed by atoms with Crippen molar-refractivity contribution in [3.63, 3.8) is 0 Å². The second kappa shape index (κ2) is 3.41. The van der Waals surface area contributed by atoms with E-state index in [4.69, 9.17) is 0 Å². The monoisotopic (exact) mass is 253 g/mol. The van der Waals surface area contributed by atoms with Crippen LogP contribution in [0.15, 0.2) is 0 Å². The maximum Gasteiger partial charge on any atom is 0.321 e. The fourth-order valence-electron chi connectivity index (χ4n) is 5.07. The number of hydrogen-bond donors (Lipinski definition) is 2. The molecule has 0 aromatic heterocycles. The third kappa shape index (κ3) is 1.37. The summed E-state index contributed by atoms with van der Waals surface area (Å²) in [6.45, 7) is 0. The third-order valence-corrected chi connectivity index (χ3v) is 7.30. The van der Waals surface area contributed by atoms with Gasteiger partial charge in [0.15, 0.2) is 0 Å². The van der Waals surface area contributed by atoms with E-state index >= 15 is 0 Å². The van der Waals surface area contributed by atoms with Gasteiger partial charge in [0.05, 0.1) is 4.87 Å². The first kappa shape index (κ1) is 10.7. The predicted octanol–water partition coefficient (Wildman–Crippen LogP) is 1.93. The Kier molecular flexibility index (Phi) is 2.14. The maximum absolute atomic E-state index is 11.1. The molecule has 1 aliphatic heterocycles. The zero-order valence-electron chi connectivity index (χ0n) is 9.89. The van der Waals surface area contributed by atoms with Crippen LogP contribution >= 0.6 is 11.8 Å². The zero-order valence-corrected chi connectivity index (χ0v) is 10.7. The number of carbonyl (C=O) groups is 1. The summed E-state index contributed by atoms with van der Waals surface area (Å²) in [4.78, 5) is 11.3. The highest BCUT2D eigenvalue weighted by molar-refractivity contribution is 8.01. The van der Waals surface area contributed by atoms with E-state index in [1.807, 2.05) is 11.8 Å². The SMILES string of the molecule is O=C(O)C1CSC2(N1)C1CC3CC(C1)CC2C3. The Morgan fingerprint density at radius 3 is 2.18 bits per heavy atom. The minimum absolute atomic E-state index is 0.135. The van der Waals surface area contributed by atoms with Gasteiger partial charge in [-0.05, 0) is 55.8 Å². The van der Waals surface area contributed by atoms with Crippen LogP contribution in [0, 0.1) is 23.7 Å². The molecule has 5 fully saturated rings. The van der Waals surface area contributed by atoms with Gasteiger partial charge in [-0.2, -0.15) is 0 Å². The summed E-state index contributed by atoms with van der Waals surface area (Å²) >= 11 is 1.92. The van der Waals surface area contributed by atoms with Crippen LogP contribution in [0.5, 0.6) is 0 Å². The van der Waals surface area contributed by atoms with Gasteiger partial charge in [0.1, 0.15) is 6.04 Å². The number of nitrogens with one attached hydrogen (secondary N) is 1. The Morgan fingerprint density at radius 2 is 1.71 bits per heavy atom. The van der Waals surface area contributed by atoms with Crippen molar-refractivity contribution in [1.82, 2.24) is 5.32 Å². The molecule has 3 nitrogen and oxygen atoms in total. The van der Waals surface area contributed by atoms with Crippen molar-refractivity contribution in [3.05, 3.63) is 0 Å². The molecular formula is C13H19NO2S. The van der Waals surface area contributed by atoms with E-state index in [9.17, 15) is 9.90 Å². The summed E-state index contributed by atoms with van der Waals surface area (Å²) in [5, 5.41) is 12.7. The molecule has 1 unspecified atom stereocenters. The first-order valence-corrected chi connectivity index (χ1v) is 7.80. The summed E-state index contributed by atoms with van der Waals surface area (Å²) in [6, 6.07) is -0.308. The van der Waals surface area contributed by atoms with Gasteiger partial charge in [0.2, 0.25) is 0 Å². The van der Waals surface area contributed by atoms with E-state index in [1.165, 1.54) is 32.1 Å².